The van der Waals surface area contributed by atoms with Gasteiger partial charge in [-0.3, -0.25) is 0 Å². The van der Waals surface area contributed by atoms with Gasteiger partial charge in [-0.1, -0.05) is 40.2 Å². The van der Waals surface area contributed by atoms with E-state index >= 15 is 0 Å². The highest BCUT2D eigenvalue weighted by atomic mass is 79.9. The summed E-state index contributed by atoms with van der Waals surface area (Å²) < 4.78 is 28.3. The van der Waals surface area contributed by atoms with Gasteiger partial charge in [0.25, 0.3) is 0 Å². The minimum absolute atomic E-state index is 0.0546. The summed E-state index contributed by atoms with van der Waals surface area (Å²) in [5.74, 6) is 0. The molecule has 0 radical (unpaired) electrons. The van der Waals surface area contributed by atoms with E-state index in [1.807, 2.05) is 12.1 Å². The van der Waals surface area contributed by atoms with Crippen LogP contribution in [-0.2, 0) is 22.9 Å². The zero-order valence-corrected chi connectivity index (χ0v) is 13.1. The molecule has 0 bridgehead atoms. The third-order valence-corrected chi connectivity index (χ3v) is 5.56. The van der Waals surface area contributed by atoms with Gasteiger partial charge in [0.1, 0.15) is 0 Å². The maximum atomic E-state index is 12.3. The van der Waals surface area contributed by atoms with Gasteiger partial charge in [-0.2, -0.15) is 0 Å². The highest BCUT2D eigenvalue weighted by Gasteiger charge is 2.26. The largest absolute Gasteiger partial charge is 0.240 e. The third-order valence-electron chi connectivity index (χ3n) is 3.50. The molecule has 0 saturated carbocycles. The van der Waals surface area contributed by atoms with Crippen LogP contribution in [0, 0.1) is 0 Å². The Hall–Kier alpha value is -1.17. The van der Waals surface area contributed by atoms with E-state index < -0.39 is 10.0 Å². The van der Waals surface area contributed by atoms with E-state index in [0.717, 1.165) is 17.3 Å². The maximum Gasteiger partial charge on any atom is 0.240 e. The number of hydrogen-bond acceptors (Lipinski definition) is 2. The van der Waals surface area contributed by atoms with Crippen molar-refractivity contribution in [1.82, 2.24) is 4.72 Å². The van der Waals surface area contributed by atoms with Crippen molar-refractivity contribution in [2.75, 3.05) is 0 Å². The van der Waals surface area contributed by atoms with Crippen LogP contribution in [0.1, 0.15) is 11.1 Å². The lowest BCUT2D eigenvalue weighted by Gasteiger charge is -2.12. The Morgan fingerprint density at radius 1 is 0.950 bits per heavy atom. The highest BCUT2D eigenvalue weighted by molar-refractivity contribution is 9.10. The zero-order valence-electron chi connectivity index (χ0n) is 10.7. The standard InChI is InChI=1S/C15H14BrNO2S/c16-13-5-7-15(8-6-13)20(18,19)17-14-9-11-3-1-2-4-12(11)10-14/h1-8,14,17H,9-10H2. The number of nitrogens with one attached hydrogen (secondary N) is 1. The van der Waals surface area contributed by atoms with E-state index in [0.29, 0.717) is 4.90 Å². The molecular weight excluding hydrogens is 338 g/mol. The molecule has 0 aliphatic heterocycles. The molecule has 20 heavy (non-hydrogen) atoms. The average molecular weight is 352 g/mol. The molecule has 0 unspecified atom stereocenters. The molecular formula is C15H14BrNO2S. The van der Waals surface area contributed by atoms with Crippen molar-refractivity contribution in [2.45, 2.75) is 23.8 Å². The highest BCUT2D eigenvalue weighted by Crippen LogP contribution is 2.23. The topological polar surface area (TPSA) is 46.2 Å². The summed E-state index contributed by atoms with van der Waals surface area (Å²) in [6.07, 6.45) is 1.51. The van der Waals surface area contributed by atoms with Crippen molar-refractivity contribution in [1.29, 1.82) is 0 Å². The maximum absolute atomic E-state index is 12.3. The molecule has 0 aromatic heterocycles. The number of hydrogen-bond donors (Lipinski definition) is 1. The first kappa shape index (κ1) is 13.8. The van der Waals surface area contributed by atoms with Crippen LogP contribution in [0.5, 0.6) is 0 Å². The SMILES string of the molecule is O=S(=O)(NC1Cc2ccccc2C1)c1ccc(Br)cc1. The van der Waals surface area contributed by atoms with Crippen molar-refractivity contribution >= 4 is 26.0 Å². The monoisotopic (exact) mass is 351 g/mol. The van der Waals surface area contributed by atoms with Crippen LogP contribution in [0.4, 0.5) is 0 Å². The lowest BCUT2D eigenvalue weighted by atomic mass is 10.1. The molecule has 1 aliphatic carbocycles. The molecule has 0 spiro atoms. The molecule has 0 heterocycles. The Balaban J connectivity index is 1.77. The minimum Gasteiger partial charge on any atom is -0.207 e. The summed E-state index contributed by atoms with van der Waals surface area (Å²) in [5.41, 5.74) is 2.46. The summed E-state index contributed by atoms with van der Waals surface area (Å²) in [6.45, 7) is 0. The predicted molar refractivity (Wildman–Crippen MR) is 82.1 cm³/mol. The molecule has 1 aliphatic rings. The smallest absolute Gasteiger partial charge is 0.207 e. The van der Waals surface area contributed by atoms with Gasteiger partial charge in [0.15, 0.2) is 0 Å². The van der Waals surface area contributed by atoms with Crippen LogP contribution in [0.3, 0.4) is 0 Å². The molecule has 2 aromatic carbocycles. The fourth-order valence-electron chi connectivity index (χ4n) is 2.54. The van der Waals surface area contributed by atoms with E-state index in [1.54, 1.807) is 24.3 Å². The molecule has 0 fully saturated rings. The normalized spacial score (nSPS) is 15.2. The van der Waals surface area contributed by atoms with Crippen molar-refractivity contribution in [2.24, 2.45) is 0 Å². The third kappa shape index (κ3) is 2.80. The Bertz CT molecular complexity index is 701. The zero-order chi connectivity index (χ0) is 14.2. The first-order valence-corrected chi connectivity index (χ1v) is 8.67. The molecule has 3 rings (SSSR count). The lowest BCUT2D eigenvalue weighted by molar-refractivity contribution is 0.555. The van der Waals surface area contributed by atoms with Gasteiger partial charge in [-0.05, 0) is 48.2 Å². The Labute approximate surface area is 127 Å². The van der Waals surface area contributed by atoms with E-state index in [1.165, 1.54) is 11.1 Å². The number of benzene rings is 2. The van der Waals surface area contributed by atoms with Crippen molar-refractivity contribution in [3.05, 3.63) is 64.1 Å². The Kier molecular flexibility index (Phi) is 3.67. The van der Waals surface area contributed by atoms with Crippen molar-refractivity contribution in [3.63, 3.8) is 0 Å². The van der Waals surface area contributed by atoms with Gasteiger partial charge >= 0.3 is 0 Å². The molecule has 5 heteroatoms. The summed E-state index contributed by atoms with van der Waals surface area (Å²) in [5, 5.41) is 0. The van der Waals surface area contributed by atoms with E-state index in [-0.39, 0.29) is 6.04 Å². The fraction of sp³-hybridized carbons (Fsp3) is 0.200. The first-order chi connectivity index (χ1) is 9.54. The molecule has 0 atom stereocenters. The van der Waals surface area contributed by atoms with Gasteiger partial charge in [0.05, 0.1) is 4.90 Å². The van der Waals surface area contributed by atoms with Gasteiger partial charge in [0.2, 0.25) is 10.0 Å². The second-order valence-corrected chi connectivity index (χ2v) is 7.58. The summed E-state index contributed by atoms with van der Waals surface area (Å²) in [7, 11) is -3.45. The first-order valence-electron chi connectivity index (χ1n) is 6.39. The molecule has 2 aromatic rings. The Morgan fingerprint density at radius 2 is 1.50 bits per heavy atom. The molecule has 104 valence electrons. The van der Waals surface area contributed by atoms with Gasteiger partial charge in [-0.25, -0.2) is 13.1 Å². The molecule has 3 nitrogen and oxygen atoms in total. The van der Waals surface area contributed by atoms with Crippen molar-refractivity contribution in [3.8, 4) is 0 Å². The quantitative estimate of drug-likeness (QED) is 0.923. The Morgan fingerprint density at radius 3 is 2.05 bits per heavy atom. The predicted octanol–water partition coefficient (Wildman–Crippen LogP) is 2.89. The number of rotatable bonds is 3. The fourth-order valence-corrected chi connectivity index (χ4v) is 4.04. The van der Waals surface area contributed by atoms with E-state index in [9.17, 15) is 8.42 Å². The van der Waals surface area contributed by atoms with Crippen LogP contribution in [-0.4, -0.2) is 14.5 Å². The average Bonchev–Trinajstić information content (AvgIpc) is 2.80. The molecule has 0 saturated heterocycles. The summed E-state index contributed by atoms with van der Waals surface area (Å²) >= 11 is 3.30. The van der Waals surface area contributed by atoms with Crippen LogP contribution in [0.2, 0.25) is 0 Å². The number of fused-ring (bicyclic) bond motifs is 1. The van der Waals surface area contributed by atoms with Crippen LogP contribution in [0.15, 0.2) is 57.9 Å². The number of sulfonamides is 1. The molecule has 1 N–H and O–H groups in total. The number of halogens is 1. The van der Waals surface area contributed by atoms with Gasteiger partial charge in [0, 0.05) is 10.5 Å². The summed E-state index contributed by atoms with van der Waals surface area (Å²) in [4.78, 5) is 0.302. The van der Waals surface area contributed by atoms with Gasteiger partial charge < -0.3 is 0 Å². The van der Waals surface area contributed by atoms with Crippen LogP contribution < -0.4 is 4.72 Å². The second-order valence-electron chi connectivity index (χ2n) is 4.95. The minimum atomic E-state index is -3.45. The van der Waals surface area contributed by atoms with E-state index in [4.69, 9.17) is 0 Å². The second kappa shape index (κ2) is 5.31. The molecule has 0 amide bonds. The van der Waals surface area contributed by atoms with Crippen LogP contribution in [0.25, 0.3) is 0 Å². The van der Waals surface area contributed by atoms with Crippen LogP contribution >= 0.6 is 15.9 Å². The van der Waals surface area contributed by atoms with Crippen molar-refractivity contribution < 1.29 is 8.42 Å². The summed E-state index contributed by atoms with van der Waals surface area (Å²) in [6, 6.07) is 14.7. The van der Waals surface area contributed by atoms with Gasteiger partial charge in [-0.15, -0.1) is 0 Å². The van der Waals surface area contributed by atoms with E-state index in [2.05, 4.69) is 32.8 Å². The lowest BCUT2D eigenvalue weighted by Crippen LogP contribution is -2.35.